The third-order valence-electron chi connectivity index (χ3n) is 3.91. The topological polar surface area (TPSA) is 78.6 Å². The van der Waals surface area contributed by atoms with Crippen LogP contribution in [0.4, 0.5) is 0 Å². The molecule has 2 N–H and O–H groups in total. The van der Waals surface area contributed by atoms with E-state index in [0.717, 1.165) is 6.54 Å². The van der Waals surface area contributed by atoms with E-state index in [4.69, 9.17) is 15.2 Å². The first-order valence-corrected chi connectivity index (χ1v) is 10.2. The van der Waals surface area contributed by atoms with Crippen LogP contribution in [0.1, 0.15) is 85.0 Å². The van der Waals surface area contributed by atoms with Gasteiger partial charge in [0.1, 0.15) is 0 Å². The lowest BCUT2D eigenvalue weighted by Crippen LogP contribution is -2.06. The zero-order valence-corrected chi connectivity index (χ0v) is 17.3. The molecule has 5 heteroatoms. The number of esters is 2. The fraction of sp³-hybridized carbons (Fsp3) is 0.636. The molecule has 0 aliphatic heterocycles. The van der Waals surface area contributed by atoms with E-state index in [2.05, 4.69) is 6.92 Å². The monoisotopic (exact) mass is 379 g/mol. The molecule has 0 saturated heterocycles. The van der Waals surface area contributed by atoms with Crippen LogP contribution in [-0.4, -0.2) is 18.5 Å². The van der Waals surface area contributed by atoms with Crippen molar-refractivity contribution in [2.24, 2.45) is 5.73 Å². The standard InChI is InChI=1S/C12H27N.C10H10O4/c1-2-3-4-5-6-7-8-9-10-11-12-13;1-7(11)13-9-5-3-4-6-10(9)14-8(2)12/h2-13H2,1H3;3-6H,1-2H3. The minimum atomic E-state index is -0.454. The van der Waals surface area contributed by atoms with E-state index in [0.29, 0.717) is 0 Å². The number of para-hydroxylation sites is 2. The summed E-state index contributed by atoms with van der Waals surface area (Å²) in [5, 5.41) is 0. The van der Waals surface area contributed by atoms with E-state index in [-0.39, 0.29) is 11.5 Å². The lowest BCUT2D eigenvalue weighted by molar-refractivity contribution is -0.134. The molecule has 0 radical (unpaired) electrons. The van der Waals surface area contributed by atoms with Crippen molar-refractivity contribution in [1.82, 2.24) is 0 Å². The molecule has 0 saturated carbocycles. The van der Waals surface area contributed by atoms with Crippen molar-refractivity contribution in [2.45, 2.75) is 85.0 Å². The van der Waals surface area contributed by atoms with E-state index in [9.17, 15) is 9.59 Å². The molecule has 0 aliphatic carbocycles. The maximum atomic E-state index is 10.7. The van der Waals surface area contributed by atoms with Gasteiger partial charge in [0.2, 0.25) is 0 Å². The molecule has 0 atom stereocenters. The summed E-state index contributed by atoms with van der Waals surface area (Å²) in [5.74, 6) is -0.417. The Hall–Kier alpha value is -1.88. The number of hydrogen-bond acceptors (Lipinski definition) is 5. The van der Waals surface area contributed by atoms with Crippen molar-refractivity contribution < 1.29 is 19.1 Å². The third kappa shape index (κ3) is 16.0. The fourth-order valence-electron chi connectivity index (χ4n) is 2.56. The Bertz CT molecular complexity index is 472. The number of carbonyl (C=O) groups excluding carboxylic acids is 2. The normalized spacial score (nSPS) is 9.93. The number of unbranched alkanes of at least 4 members (excludes halogenated alkanes) is 9. The predicted octanol–water partition coefficient (Wildman–Crippen LogP) is 5.40. The largest absolute Gasteiger partial charge is 0.423 e. The zero-order valence-electron chi connectivity index (χ0n) is 17.3. The molecule has 0 amide bonds. The van der Waals surface area contributed by atoms with Crippen LogP contribution >= 0.6 is 0 Å². The van der Waals surface area contributed by atoms with Gasteiger partial charge in [0.05, 0.1) is 0 Å². The highest BCUT2D eigenvalue weighted by molar-refractivity contribution is 5.73. The smallest absolute Gasteiger partial charge is 0.308 e. The van der Waals surface area contributed by atoms with Crippen molar-refractivity contribution in [3.63, 3.8) is 0 Å². The zero-order chi connectivity index (χ0) is 20.3. The van der Waals surface area contributed by atoms with Gasteiger partial charge in [0.15, 0.2) is 11.5 Å². The Morgan fingerprint density at radius 1 is 0.741 bits per heavy atom. The summed E-state index contributed by atoms with van der Waals surface area (Å²) >= 11 is 0. The molecule has 5 nitrogen and oxygen atoms in total. The van der Waals surface area contributed by atoms with Crippen LogP contribution in [0.25, 0.3) is 0 Å². The molecule has 0 bridgehead atoms. The maximum Gasteiger partial charge on any atom is 0.308 e. The van der Waals surface area contributed by atoms with Gasteiger partial charge in [-0.05, 0) is 25.1 Å². The summed E-state index contributed by atoms with van der Waals surface area (Å²) in [6.45, 7) is 5.71. The molecular formula is C22H37NO4. The van der Waals surface area contributed by atoms with Crippen LogP contribution in [0.15, 0.2) is 24.3 Å². The summed E-state index contributed by atoms with van der Waals surface area (Å²) in [7, 11) is 0. The van der Waals surface area contributed by atoms with Crippen molar-refractivity contribution in [2.75, 3.05) is 6.54 Å². The van der Waals surface area contributed by atoms with Crippen LogP contribution in [0.2, 0.25) is 0 Å². The predicted molar refractivity (Wildman–Crippen MR) is 110 cm³/mol. The molecule has 0 unspecified atom stereocenters. The Balaban J connectivity index is 0.000000503. The van der Waals surface area contributed by atoms with Gasteiger partial charge in [-0.1, -0.05) is 76.8 Å². The Labute approximate surface area is 164 Å². The third-order valence-corrected chi connectivity index (χ3v) is 3.91. The summed E-state index contributed by atoms with van der Waals surface area (Å²) in [4.78, 5) is 21.4. The van der Waals surface area contributed by atoms with Crippen LogP contribution in [-0.2, 0) is 9.59 Å². The van der Waals surface area contributed by atoms with E-state index in [1.807, 2.05) is 0 Å². The van der Waals surface area contributed by atoms with Gasteiger partial charge in [-0.25, -0.2) is 0 Å². The number of nitrogens with two attached hydrogens (primary N) is 1. The highest BCUT2D eigenvalue weighted by Gasteiger charge is 2.07. The van der Waals surface area contributed by atoms with E-state index >= 15 is 0 Å². The first-order valence-electron chi connectivity index (χ1n) is 10.2. The summed E-state index contributed by atoms with van der Waals surface area (Å²) in [5.41, 5.74) is 5.42. The lowest BCUT2D eigenvalue weighted by atomic mass is 10.1. The summed E-state index contributed by atoms with van der Waals surface area (Å²) in [6.07, 6.45) is 13.9. The average molecular weight is 380 g/mol. The van der Waals surface area contributed by atoms with Gasteiger partial charge in [-0.15, -0.1) is 0 Å². The first kappa shape index (κ1) is 25.1. The van der Waals surface area contributed by atoms with Gasteiger partial charge in [0.25, 0.3) is 0 Å². The van der Waals surface area contributed by atoms with Gasteiger partial charge >= 0.3 is 11.9 Å². The van der Waals surface area contributed by atoms with E-state index in [1.54, 1.807) is 24.3 Å². The molecule has 0 heterocycles. The second-order valence-electron chi connectivity index (χ2n) is 6.60. The van der Waals surface area contributed by atoms with Gasteiger partial charge in [-0.3, -0.25) is 9.59 Å². The molecule has 0 aliphatic rings. The van der Waals surface area contributed by atoms with Crippen molar-refractivity contribution in [1.29, 1.82) is 0 Å². The fourth-order valence-corrected chi connectivity index (χ4v) is 2.56. The minimum Gasteiger partial charge on any atom is -0.423 e. The van der Waals surface area contributed by atoms with Crippen LogP contribution in [0.3, 0.4) is 0 Å². The lowest BCUT2D eigenvalue weighted by Gasteiger charge is -2.06. The SMILES string of the molecule is CC(=O)Oc1ccccc1OC(C)=O.CCCCCCCCCCCCN. The molecule has 1 aromatic rings. The highest BCUT2D eigenvalue weighted by Crippen LogP contribution is 2.26. The van der Waals surface area contributed by atoms with E-state index < -0.39 is 11.9 Å². The van der Waals surface area contributed by atoms with Crippen LogP contribution in [0.5, 0.6) is 11.5 Å². The number of ether oxygens (including phenoxy) is 2. The molecule has 1 aromatic carbocycles. The van der Waals surface area contributed by atoms with Crippen LogP contribution < -0.4 is 15.2 Å². The maximum absolute atomic E-state index is 10.7. The quantitative estimate of drug-likeness (QED) is 0.299. The Morgan fingerprint density at radius 2 is 1.11 bits per heavy atom. The molecule has 154 valence electrons. The minimum absolute atomic E-state index is 0.246. The second-order valence-corrected chi connectivity index (χ2v) is 6.60. The highest BCUT2D eigenvalue weighted by atomic mass is 16.6. The summed E-state index contributed by atoms with van der Waals surface area (Å²) in [6, 6.07) is 6.48. The average Bonchev–Trinajstić information content (AvgIpc) is 2.62. The number of carbonyl (C=O) groups is 2. The Morgan fingerprint density at radius 3 is 1.44 bits per heavy atom. The van der Waals surface area contributed by atoms with E-state index in [1.165, 1.54) is 78.1 Å². The summed E-state index contributed by atoms with van der Waals surface area (Å²) < 4.78 is 9.66. The number of benzene rings is 1. The van der Waals surface area contributed by atoms with Gasteiger partial charge < -0.3 is 15.2 Å². The Kier molecular flexibility index (Phi) is 16.3. The molecule has 0 fully saturated rings. The second kappa shape index (κ2) is 17.5. The van der Waals surface area contributed by atoms with Crippen molar-refractivity contribution >= 4 is 11.9 Å². The number of hydrogen-bond donors (Lipinski definition) is 1. The molecule has 1 rings (SSSR count). The van der Waals surface area contributed by atoms with Crippen molar-refractivity contribution in [3.8, 4) is 11.5 Å². The van der Waals surface area contributed by atoms with Gasteiger partial charge in [-0.2, -0.15) is 0 Å². The van der Waals surface area contributed by atoms with Gasteiger partial charge in [0, 0.05) is 13.8 Å². The molecule has 0 spiro atoms. The molecule has 27 heavy (non-hydrogen) atoms. The van der Waals surface area contributed by atoms with Crippen LogP contribution in [0, 0.1) is 0 Å². The van der Waals surface area contributed by atoms with Crippen molar-refractivity contribution in [3.05, 3.63) is 24.3 Å². The number of rotatable bonds is 12. The molecule has 0 aromatic heterocycles. The first-order chi connectivity index (χ1) is 13.0. The molecular weight excluding hydrogens is 342 g/mol.